The van der Waals surface area contributed by atoms with Gasteiger partial charge in [0.1, 0.15) is 5.75 Å². The molecule has 0 bridgehead atoms. The van der Waals surface area contributed by atoms with Crippen LogP contribution in [0.4, 0.5) is 0 Å². The van der Waals surface area contributed by atoms with Gasteiger partial charge in [0.05, 0.1) is 13.2 Å². The molecule has 3 heteroatoms. The van der Waals surface area contributed by atoms with Gasteiger partial charge in [0.15, 0.2) is 0 Å². The molecule has 0 spiro atoms. The van der Waals surface area contributed by atoms with Crippen molar-refractivity contribution < 1.29 is 9.47 Å². The summed E-state index contributed by atoms with van der Waals surface area (Å²) in [7, 11) is 1.72. The van der Waals surface area contributed by atoms with Crippen molar-refractivity contribution in [3.63, 3.8) is 0 Å². The van der Waals surface area contributed by atoms with E-state index in [0.29, 0.717) is 6.54 Å². The molecule has 3 nitrogen and oxygen atoms in total. The molecule has 2 N–H and O–H groups in total. The average molecular weight is 249 g/mol. The number of hydrogen-bond acceptors (Lipinski definition) is 3. The highest BCUT2D eigenvalue weighted by atomic mass is 16.5. The number of hydrogen-bond donors (Lipinski definition) is 1. The molecule has 0 aliphatic carbocycles. The second-order valence-electron chi connectivity index (χ2n) is 5.32. The fourth-order valence-electron chi connectivity index (χ4n) is 2.82. The zero-order valence-electron chi connectivity index (χ0n) is 11.5. The SMILES string of the molecule is COc1ccc(C)cc1CC1(CN)CCOC1C. The molecular weight excluding hydrogens is 226 g/mol. The van der Waals surface area contributed by atoms with Gasteiger partial charge in [0.25, 0.3) is 0 Å². The molecule has 1 aromatic rings. The molecule has 1 fully saturated rings. The van der Waals surface area contributed by atoms with Crippen molar-refractivity contribution in [3.05, 3.63) is 29.3 Å². The van der Waals surface area contributed by atoms with Crippen LogP contribution < -0.4 is 10.5 Å². The fourth-order valence-corrected chi connectivity index (χ4v) is 2.82. The number of rotatable bonds is 4. The molecule has 18 heavy (non-hydrogen) atoms. The predicted molar refractivity (Wildman–Crippen MR) is 73.0 cm³/mol. The lowest BCUT2D eigenvalue weighted by Gasteiger charge is -2.31. The van der Waals surface area contributed by atoms with Crippen molar-refractivity contribution in [1.82, 2.24) is 0 Å². The van der Waals surface area contributed by atoms with Crippen LogP contribution in [0.15, 0.2) is 18.2 Å². The number of benzene rings is 1. The summed E-state index contributed by atoms with van der Waals surface area (Å²) in [5.41, 5.74) is 8.56. The van der Waals surface area contributed by atoms with Gasteiger partial charge < -0.3 is 15.2 Å². The van der Waals surface area contributed by atoms with E-state index in [1.54, 1.807) is 7.11 Å². The van der Waals surface area contributed by atoms with Gasteiger partial charge >= 0.3 is 0 Å². The van der Waals surface area contributed by atoms with Gasteiger partial charge in [-0.15, -0.1) is 0 Å². The smallest absolute Gasteiger partial charge is 0.122 e. The highest BCUT2D eigenvalue weighted by Crippen LogP contribution is 2.39. The first-order valence-corrected chi connectivity index (χ1v) is 6.56. The summed E-state index contributed by atoms with van der Waals surface area (Å²) in [5.74, 6) is 0.951. The largest absolute Gasteiger partial charge is 0.496 e. The van der Waals surface area contributed by atoms with Crippen LogP contribution in [-0.4, -0.2) is 26.4 Å². The molecule has 2 unspecified atom stereocenters. The third-order valence-corrected chi connectivity index (χ3v) is 4.22. The summed E-state index contributed by atoms with van der Waals surface area (Å²) in [4.78, 5) is 0. The normalized spacial score (nSPS) is 27.4. The molecule has 0 aromatic heterocycles. The summed E-state index contributed by atoms with van der Waals surface area (Å²) in [5, 5.41) is 0. The van der Waals surface area contributed by atoms with Crippen LogP contribution in [0.2, 0.25) is 0 Å². The van der Waals surface area contributed by atoms with Crippen LogP contribution in [0.25, 0.3) is 0 Å². The monoisotopic (exact) mass is 249 g/mol. The quantitative estimate of drug-likeness (QED) is 0.890. The molecule has 100 valence electrons. The summed E-state index contributed by atoms with van der Waals surface area (Å²) in [6, 6.07) is 6.31. The Hall–Kier alpha value is -1.06. The van der Waals surface area contributed by atoms with Crippen molar-refractivity contribution in [2.24, 2.45) is 11.1 Å². The van der Waals surface area contributed by atoms with Gasteiger partial charge in [-0.1, -0.05) is 17.7 Å². The van der Waals surface area contributed by atoms with Gasteiger partial charge in [0.2, 0.25) is 0 Å². The van der Waals surface area contributed by atoms with E-state index in [2.05, 4.69) is 26.0 Å². The molecule has 0 saturated carbocycles. The van der Waals surface area contributed by atoms with Crippen LogP contribution in [0.5, 0.6) is 5.75 Å². The predicted octanol–water partition coefficient (Wildman–Crippen LogP) is 2.30. The lowest BCUT2D eigenvalue weighted by atomic mass is 9.76. The first-order chi connectivity index (χ1) is 8.61. The Bertz CT molecular complexity index is 419. The van der Waals surface area contributed by atoms with E-state index < -0.39 is 0 Å². The van der Waals surface area contributed by atoms with Crippen LogP contribution in [-0.2, 0) is 11.2 Å². The molecule has 0 radical (unpaired) electrons. The van der Waals surface area contributed by atoms with E-state index in [1.807, 2.05) is 6.07 Å². The van der Waals surface area contributed by atoms with Gasteiger partial charge in [-0.25, -0.2) is 0 Å². The molecule has 2 rings (SSSR count). The van der Waals surface area contributed by atoms with E-state index in [-0.39, 0.29) is 11.5 Å². The van der Waals surface area contributed by atoms with Gasteiger partial charge in [-0.05, 0) is 38.3 Å². The maximum atomic E-state index is 6.02. The Kier molecular flexibility index (Phi) is 3.93. The maximum absolute atomic E-state index is 6.02. The summed E-state index contributed by atoms with van der Waals surface area (Å²) in [6.07, 6.45) is 2.17. The minimum Gasteiger partial charge on any atom is -0.496 e. The Balaban J connectivity index is 2.29. The summed E-state index contributed by atoms with van der Waals surface area (Å²) in [6.45, 7) is 5.70. The second-order valence-corrected chi connectivity index (χ2v) is 5.32. The summed E-state index contributed by atoms with van der Waals surface area (Å²) < 4.78 is 11.2. The standard InChI is InChI=1S/C15H23NO2/c1-11-4-5-14(17-3)13(8-11)9-15(10-16)6-7-18-12(15)2/h4-5,8,12H,6-7,9-10,16H2,1-3H3. The molecule has 0 amide bonds. The fraction of sp³-hybridized carbons (Fsp3) is 0.600. The third kappa shape index (κ3) is 2.38. The molecule has 2 atom stereocenters. The van der Waals surface area contributed by atoms with Crippen molar-refractivity contribution >= 4 is 0 Å². The van der Waals surface area contributed by atoms with Crippen LogP contribution in [0.1, 0.15) is 24.5 Å². The van der Waals surface area contributed by atoms with E-state index in [1.165, 1.54) is 11.1 Å². The maximum Gasteiger partial charge on any atom is 0.122 e. The Morgan fingerprint density at radius 1 is 1.50 bits per heavy atom. The molecule has 1 aliphatic heterocycles. The van der Waals surface area contributed by atoms with Gasteiger partial charge in [-0.3, -0.25) is 0 Å². The third-order valence-electron chi connectivity index (χ3n) is 4.22. The van der Waals surface area contributed by atoms with E-state index in [4.69, 9.17) is 15.2 Å². The van der Waals surface area contributed by atoms with Crippen molar-refractivity contribution in [2.45, 2.75) is 32.8 Å². The van der Waals surface area contributed by atoms with E-state index in [0.717, 1.165) is 25.2 Å². The zero-order valence-corrected chi connectivity index (χ0v) is 11.5. The minimum atomic E-state index is 0.0566. The average Bonchev–Trinajstić information content (AvgIpc) is 2.72. The zero-order chi connectivity index (χ0) is 13.2. The molecule has 1 aromatic carbocycles. The van der Waals surface area contributed by atoms with Crippen LogP contribution >= 0.6 is 0 Å². The van der Waals surface area contributed by atoms with Crippen molar-refractivity contribution in [2.75, 3.05) is 20.3 Å². The number of nitrogens with two attached hydrogens (primary N) is 1. The molecule has 1 aliphatic rings. The lowest BCUT2D eigenvalue weighted by Crippen LogP contribution is -2.38. The molecule has 1 saturated heterocycles. The van der Waals surface area contributed by atoms with E-state index >= 15 is 0 Å². The van der Waals surface area contributed by atoms with Crippen molar-refractivity contribution in [3.8, 4) is 5.75 Å². The first-order valence-electron chi connectivity index (χ1n) is 6.56. The Labute approximate surface area is 109 Å². The van der Waals surface area contributed by atoms with Crippen LogP contribution in [0, 0.1) is 12.3 Å². The van der Waals surface area contributed by atoms with Gasteiger partial charge in [0, 0.05) is 18.6 Å². The lowest BCUT2D eigenvalue weighted by molar-refractivity contribution is 0.0671. The minimum absolute atomic E-state index is 0.0566. The summed E-state index contributed by atoms with van der Waals surface area (Å²) >= 11 is 0. The van der Waals surface area contributed by atoms with Crippen molar-refractivity contribution in [1.29, 1.82) is 0 Å². The van der Waals surface area contributed by atoms with E-state index in [9.17, 15) is 0 Å². The molecular formula is C15H23NO2. The topological polar surface area (TPSA) is 44.5 Å². The highest BCUT2D eigenvalue weighted by Gasteiger charge is 2.40. The number of ether oxygens (including phenoxy) is 2. The number of aryl methyl sites for hydroxylation is 1. The highest BCUT2D eigenvalue weighted by molar-refractivity contribution is 5.38. The Morgan fingerprint density at radius 3 is 2.83 bits per heavy atom. The van der Waals surface area contributed by atoms with Gasteiger partial charge in [-0.2, -0.15) is 0 Å². The Morgan fingerprint density at radius 2 is 2.28 bits per heavy atom. The molecule has 1 heterocycles. The first kappa shape index (κ1) is 13.4. The number of methoxy groups -OCH3 is 1. The van der Waals surface area contributed by atoms with Crippen LogP contribution in [0.3, 0.4) is 0 Å². The second kappa shape index (κ2) is 5.29.